The van der Waals surface area contributed by atoms with Gasteiger partial charge in [0.1, 0.15) is 5.82 Å². The molecule has 1 N–H and O–H groups in total. The van der Waals surface area contributed by atoms with Crippen LogP contribution in [0.3, 0.4) is 0 Å². The molecule has 0 spiro atoms. The summed E-state index contributed by atoms with van der Waals surface area (Å²) in [5, 5.41) is 2.85. The molecule has 0 aliphatic rings. The molecule has 5 nitrogen and oxygen atoms in total. The van der Waals surface area contributed by atoms with Crippen LogP contribution in [0.15, 0.2) is 51.7 Å². The molecule has 25 heavy (non-hydrogen) atoms. The second-order valence-electron chi connectivity index (χ2n) is 5.96. The Balaban J connectivity index is 1.49. The van der Waals surface area contributed by atoms with Crippen molar-refractivity contribution in [3.05, 3.63) is 70.0 Å². The molecular formula is C19H19FN2O3. The van der Waals surface area contributed by atoms with E-state index in [2.05, 4.69) is 5.32 Å². The Hall–Kier alpha value is -2.89. The molecule has 6 heteroatoms. The average molecular weight is 342 g/mol. The number of halogens is 1. The quantitative estimate of drug-likeness (QED) is 0.749. The van der Waals surface area contributed by atoms with Crippen molar-refractivity contribution in [2.75, 3.05) is 6.54 Å². The molecule has 1 heterocycles. The van der Waals surface area contributed by atoms with E-state index in [0.29, 0.717) is 31.4 Å². The molecular weight excluding hydrogens is 323 g/mol. The Bertz CT molecular complexity index is 959. The fourth-order valence-corrected chi connectivity index (χ4v) is 2.72. The van der Waals surface area contributed by atoms with E-state index in [9.17, 15) is 14.0 Å². The number of carbonyl (C=O) groups excluding carboxylic acids is 1. The van der Waals surface area contributed by atoms with Crippen LogP contribution >= 0.6 is 0 Å². The maximum absolute atomic E-state index is 13.1. The van der Waals surface area contributed by atoms with Gasteiger partial charge in [0.25, 0.3) is 0 Å². The van der Waals surface area contributed by atoms with E-state index in [-0.39, 0.29) is 11.7 Å². The Morgan fingerprint density at radius 1 is 1.16 bits per heavy atom. The number of hydrogen-bond donors (Lipinski definition) is 1. The Kier molecular flexibility index (Phi) is 4.97. The van der Waals surface area contributed by atoms with Gasteiger partial charge in [-0.2, -0.15) is 0 Å². The van der Waals surface area contributed by atoms with Crippen molar-refractivity contribution >= 4 is 17.0 Å². The molecule has 0 aliphatic carbocycles. The first-order valence-electron chi connectivity index (χ1n) is 8.12. The SMILES string of the molecule is Cn1c(=O)oc2cc(CCNC(=O)CCc3cccc(F)c3)ccc21. The predicted octanol–water partition coefficient (Wildman–Crippen LogP) is 2.56. The third-order valence-corrected chi connectivity index (χ3v) is 4.12. The topological polar surface area (TPSA) is 64.2 Å². The van der Waals surface area contributed by atoms with Crippen LogP contribution in [-0.4, -0.2) is 17.0 Å². The van der Waals surface area contributed by atoms with Crippen LogP contribution in [0.4, 0.5) is 4.39 Å². The summed E-state index contributed by atoms with van der Waals surface area (Å²) in [6, 6.07) is 11.8. The lowest BCUT2D eigenvalue weighted by Crippen LogP contribution is -2.25. The third-order valence-electron chi connectivity index (χ3n) is 4.12. The summed E-state index contributed by atoms with van der Waals surface area (Å²) >= 11 is 0. The van der Waals surface area contributed by atoms with Gasteiger partial charge in [-0.25, -0.2) is 9.18 Å². The van der Waals surface area contributed by atoms with Crippen molar-refractivity contribution in [1.29, 1.82) is 0 Å². The van der Waals surface area contributed by atoms with E-state index in [4.69, 9.17) is 4.42 Å². The number of carbonyl (C=O) groups is 1. The molecule has 0 fully saturated rings. The van der Waals surface area contributed by atoms with Gasteiger partial charge in [-0.05, 0) is 48.2 Å². The number of fused-ring (bicyclic) bond motifs is 1. The number of nitrogens with zero attached hydrogens (tertiary/aromatic N) is 1. The van der Waals surface area contributed by atoms with E-state index < -0.39 is 5.76 Å². The van der Waals surface area contributed by atoms with Gasteiger partial charge < -0.3 is 9.73 Å². The van der Waals surface area contributed by atoms with Gasteiger partial charge >= 0.3 is 5.76 Å². The van der Waals surface area contributed by atoms with Crippen LogP contribution < -0.4 is 11.1 Å². The van der Waals surface area contributed by atoms with Crippen molar-refractivity contribution in [2.45, 2.75) is 19.3 Å². The summed E-state index contributed by atoms with van der Waals surface area (Å²) < 4.78 is 19.7. The highest BCUT2D eigenvalue weighted by molar-refractivity contribution is 5.76. The van der Waals surface area contributed by atoms with Crippen LogP contribution in [0, 0.1) is 5.82 Å². The first kappa shape index (κ1) is 17.0. The summed E-state index contributed by atoms with van der Waals surface area (Å²) in [7, 11) is 1.66. The maximum Gasteiger partial charge on any atom is 0.419 e. The van der Waals surface area contributed by atoms with Crippen LogP contribution in [0.25, 0.3) is 11.1 Å². The Morgan fingerprint density at radius 3 is 2.76 bits per heavy atom. The Labute approximate surface area is 144 Å². The molecule has 0 aliphatic heterocycles. The minimum Gasteiger partial charge on any atom is -0.408 e. The zero-order valence-corrected chi connectivity index (χ0v) is 13.9. The molecule has 3 aromatic rings. The lowest BCUT2D eigenvalue weighted by molar-refractivity contribution is -0.121. The second kappa shape index (κ2) is 7.34. The molecule has 0 unspecified atom stereocenters. The van der Waals surface area contributed by atoms with Gasteiger partial charge in [0, 0.05) is 20.0 Å². The van der Waals surface area contributed by atoms with E-state index in [1.54, 1.807) is 19.2 Å². The first-order chi connectivity index (χ1) is 12.0. The van der Waals surface area contributed by atoms with Gasteiger partial charge in [-0.1, -0.05) is 18.2 Å². The zero-order valence-electron chi connectivity index (χ0n) is 13.9. The average Bonchev–Trinajstić information content (AvgIpc) is 2.87. The predicted molar refractivity (Wildman–Crippen MR) is 92.9 cm³/mol. The molecule has 0 saturated carbocycles. The van der Waals surface area contributed by atoms with E-state index in [0.717, 1.165) is 16.6 Å². The minimum absolute atomic E-state index is 0.0726. The zero-order chi connectivity index (χ0) is 17.8. The Morgan fingerprint density at radius 2 is 1.96 bits per heavy atom. The third kappa shape index (κ3) is 4.15. The van der Waals surface area contributed by atoms with Gasteiger partial charge in [0.15, 0.2) is 5.58 Å². The number of rotatable bonds is 6. The number of nitrogens with one attached hydrogen (secondary N) is 1. The van der Waals surface area contributed by atoms with Crippen LogP contribution in [0.2, 0.25) is 0 Å². The molecule has 0 bridgehead atoms. The first-order valence-corrected chi connectivity index (χ1v) is 8.12. The molecule has 1 aromatic heterocycles. The molecule has 0 saturated heterocycles. The van der Waals surface area contributed by atoms with Gasteiger partial charge in [-0.15, -0.1) is 0 Å². The highest BCUT2D eigenvalue weighted by Crippen LogP contribution is 2.14. The minimum atomic E-state index is -0.391. The van der Waals surface area contributed by atoms with Crippen molar-refractivity contribution in [1.82, 2.24) is 9.88 Å². The van der Waals surface area contributed by atoms with Crippen molar-refractivity contribution in [2.24, 2.45) is 7.05 Å². The lowest BCUT2D eigenvalue weighted by Gasteiger charge is -2.06. The fraction of sp³-hybridized carbons (Fsp3) is 0.263. The number of hydrogen-bond acceptors (Lipinski definition) is 3. The lowest BCUT2D eigenvalue weighted by atomic mass is 10.1. The maximum atomic E-state index is 13.1. The number of benzene rings is 2. The van der Waals surface area contributed by atoms with Gasteiger partial charge in [-0.3, -0.25) is 9.36 Å². The number of oxazole rings is 1. The van der Waals surface area contributed by atoms with E-state index in [1.165, 1.54) is 16.7 Å². The summed E-state index contributed by atoms with van der Waals surface area (Å²) in [4.78, 5) is 23.4. The smallest absolute Gasteiger partial charge is 0.408 e. The van der Waals surface area contributed by atoms with Crippen LogP contribution in [0.1, 0.15) is 17.5 Å². The molecule has 0 radical (unpaired) electrons. The normalized spacial score (nSPS) is 11.0. The monoisotopic (exact) mass is 342 g/mol. The fourth-order valence-electron chi connectivity index (χ4n) is 2.72. The van der Waals surface area contributed by atoms with Crippen LogP contribution in [0.5, 0.6) is 0 Å². The second-order valence-corrected chi connectivity index (χ2v) is 5.96. The van der Waals surface area contributed by atoms with Crippen LogP contribution in [-0.2, 0) is 24.7 Å². The molecule has 0 atom stereocenters. The number of aryl methyl sites for hydroxylation is 2. The van der Waals surface area contributed by atoms with Crippen molar-refractivity contribution in [3.8, 4) is 0 Å². The summed E-state index contributed by atoms with van der Waals surface area (Å²) in [5.41, 5.74) is 3.07. The van der Waals surface area contributed by atoms with Crippen molar-refractivity contribution < 1.29 is 13.6 Å². The van der Waals surface area contributed by atoms with E-state index in [1.807, 2.05) is 18.2 Å². The number of amides is 1. The van der Waals surface area contributed by atoms with E-state index >= 15 is 0 Å². The number of aromatic nitrogens is 1. The standard InChI is InChI=1S/C19H19FN2O3/c1-22-16-7-5-14(12-17(16)25-19(22)24)9-10-21-18(23)8-6-13-3-2-4-15(20)11-13/h2-5,7,11-12H,6,8-10H2,1H3,(H,21,23). The molecule has 3 rings (SSSR count). The van der Waals surface area contributed by atoms with Crippen molar-refractivity contribution in [3.63, 3.8) is 0 Å². The highest BCUT2D eigenvalue weighted by Gasteiger charge is 2.07. The van der Waals surface area contributed by atoms with Gasteiger partial charge in [0.2, 0.25) is 5.91 Å². The largest absolute Gasteiger partial charge is 0.419 e. The summed E-state index contributed by atoms with van der Waals surface area (Å²) in [6.45, 7) is 0.491. The summed E-state index contributed by atoms with van der Waals surface area (Å²) in [6.07, 6.45) is 1.46. The molecule has 130 valence electrons. The highest BCUT2D eigenvalue weighted by atomic mass is 19.1. The molecule has 2 aromatic carbocycles. The summed E-state index contributed by atoms with van der Waals surface area (Å²) in [5.74, 6) is -0.754. The molecule has 1 amide bonds. The van der Waals surface area contributed by atoms with Gasteiger partial charge in [0.05, 0.1) is 5.52 Å².